The topological polar surface area (TPSA) is 65.8 Å². The van der Waals surface area contributed by atoms with E-state index in [1.165, 1.54) is 0 Å². The summed E-state index contributed by atoms with van der Waals surface area (Å²) in [5.74, 6) is 2.01. The number of morpholine rings is 2. The van der Waals surface area contributed by atoms with Crippen LogP contribution in [0.15, 0.2) is 0 Å². The van der Waals surface area contributed by atoms with Crippen LogP contribution in [-0.2, 0) is 14.0 Å². The highest BCUT2D eigenvalue weighted by atomic mass is 31.2. The fourth-order valence-electron chi connectivity index (χ4n) is 1.95. The molecule has 7 heteroatoms. The first-order chi connectivity index (χ1) is 7.77. The summed E-state index contributed by atoms with van der Waals surface area (Å²) in [5.41, 5.74) is 0. The minimum atomic E-state index is -3.04. The van der Waals surface area contributed by atoms with Crippen molar-refractivity contribution in [3.63, 3.8) is 0 Å². The van der Waals surface area contributed by atoms with Gasteiger partial charge in [-0.3, -0.25) is 4.57 Å². The van der Waals surface area contributed by atoms with Gasteiger partial charge in [-0.25, -0.2) is 9.34 Å². The molecule has 0 aromatic carbocycles. The second-order valence-electron chi connectivity index (χ2n) is 3.78. The number of ether oxygens (including phenoxy) is 2. The molecule has 0 aliphatic carbocycles. The van der Waals surface area contributed by atoms with Gasteiger partial charge in [0.05, 0.1) is 26.4 Å². The number of nitrogens with zero attached hydrogens (tertiary/aromatic N) is 3. The summed E-state index contributed by atoms with van der Waals surface area (Å²) >= 11 is 0. The summed E-state index contributed by atoms with van der Waals surface area (Å²) < 4.78 is 26.6. The van der Waals surface area contributed by atoms with E-state index >= 15 is 0 Å². The molecule has 0 N–H and O–H groups in total. The van der Waals surface area contributed by atoms with E-state index in [-0.39, 0.29) is 0 Å². The first-order valence-corrected chi connectivity index (χ1v) is 7.06. The lowest BCUT2D eigenvalue weighted by Gasteiger charge is -2.38. The number of rotatable bonds is 2. The average molecular weight is 245 g/mol. The van der Waals surface area contributed by atoms with Crippen molar-refractivity contribution in [2.75, 3.05) is 52.6 Å². The van der Waals surface area contributed by atoms with Crippen LogP contribution in [0.4, 0.5) is 0 Å². The minimum absolute atomic E-state index is 0.552. The number of hydrogen-bond acceptors (Lipinski definition) is 4. The zero-order valence-electron chi connectivity index (χ0n) is 9.17. The minimum Gasteiger partial charge on any atom is -0.379 e. The van der Waals surface area contributed by atoms with Crippen molar-refractivity contribution in [2.45, 2.75) is 0 Å². The maximum atomic E-state index is 12.7. The van der Waals surface area contributed by atoms with Gasteiger partial charge in [-0.2, -0.15) is 5.26 Å². The molecule has 0 amide bonds. The van der Waals surface area contributed by atoms with Crippen molar-refractivity contribution >= 4 is 7.44 Å². The van der Waals surface area contributed by atoms with E-state index in [0.717, 1.165) is 0 Å². The SMILES string of the molecule is N#CP(=O)(N1CCOCC1)N1CCOCC1. The van der Waals surface area contributed by atoms with Crippen molar-refractivity contribution in [2.24, 2.45) is 0 Å². The van der Waals surface area contributed by atoms with Crippen LogP contribution >= 0.6 is 7.44 Å². The van der Waals surface area contributed by atoms with Crippen molar-refractivity contribution in [1.82, 2.24) is 9.34 Å². The van der Waals surface area contributed by atoms with Crippen LogP contribution in [0.1, 0.15) is 0 Å². The van der Waals surface area contributed by atoms with E-state index in [2.05, 4.69) is 0 Å². The smallest absolute Gasteiger partial charge is 0.313 e. The normalized spacial score (nSPS) is 25.2. The molecule has 0 spiro atoms. The summed E-state index contributed by atoms with van der Waals surface area (Å²) in [5, 5.41) is 9.21. The Morgan fingerprint density at radius 1 is 0.938 bits per heavy atom. The molecule has 2 saturated heterocycles. The van der Waals surface area contributed by atoms with E-state index in [9.17, 15) is 9.83 Å². The van der Waals surface area contributed by atoms with Gasteiger partial charge in [-0.1, -0.05) is 0 Å². The highest BCUT2D eigenvalue weighted by Crippen LogP contribution is 2.52. The zero-order chi connectivity index (χ0) is 11.4. The molecule has 0 saturated carbocycles. The first-order valence-electron chi connectivity index (χ1n) is 5.45. The van der Waals surface area contributed by atoms with Crippen LogP contribution in [0.3, 0.4) is 0 Å². The Kier molecular flexibility index (Phi) is 3.95. The summed E-state index contributed by atoms with van der Waals surface area (Å²) in [7, 11) is -3.04. The lowest BCUT2D eigenvalue weighted by atomic mass is 10.5. The Labute approximate surface area is 95.2 Å². The summed E-state index contributed by atoms with van der Waals surface area (Å²) in [4.78, 5) is 0. The maximum absolute atomic E-state index is 12.7. The second kappa shape index (κ2) is 5.26. The highest BCUT2D eigenvalue weighted by molar-refractivity contribution is 7.64. The maximum Gasteiger partial charge on any atom is 0.313 e. The van der Waals surface area contributed by atoms with E-state index < -0.39 is 7.44 Å². The van der Waals surface area contributed by atoms with Gasteiger partial charge < -0.3 is 9.47 Å². The fraction of sp³-hybridized carbons (Fsp3) is 0.889. The van der Waals surface area contributed by atoms with E-state index in [1.807, 2.05) is 5.81 Å². The summed E-state index contributed by atoms with van der Waals surface area (Å²) in [6.45, 7) is 4.49. The van der Waals surface area contributed by atoms with Gasteiger partial charge in [0, 0.05) is 26.2 Å². The fourth-order valence-corrected chi connectivity index (χ4v) is 3.98. The molecule has 0 aromatic heterocycles. The molecule has 0 bridgehead atoms. The Morgan fingerprint density at radius 3 is 1.62 bits per heavy atom. The lowest BCUT2D eigenvalue weighted by molar-refractivity contribution is 0.0539. The average Bonchev–Trinajstić information content (AvgIpc) is 2.40. The van der Waals surface area contributed by atoms with Gasteiger partial charge in [0.25, 0.3) is 0 Å². The van der Waals surface area contributed by atoms with Crippen LogP contribution in [0.5, 0.6) is 0 Å². The van der Waals surface area contributed by atoms with Gasteiger partial charge in [0.2, 0.25) is 0 Å². The predicted molar refractivity (Wildman–Crippen MR) is 58.0 cm³/mol. The van der Waals surface area contributed by atoms with Gasteiger partial charge in [0.15, 0.2) is 5.81 Å². The third-order valence-electron chi connectivity index (χ3n) is 2.87. The van der Waals surface area contributed by atoms with E-state index in [0.29, 0.717) is 52.6 Å². The molecule has 90 valence electrons. The highest BCUT2D eigenvalue weighted by Gasteiger charge is 2.38. The summed E-state index contributed by atoms with van der Waals surface area (Å²) in [6, 6.07) is 0. The first kappa shape index (κ1) is 12.0. The molecule has 2 rings (SSSR count). The van der Waals surface area contributed by atoms with Gasteiger partial charge in [0.1, 0.15) is 0 Å². The third kappa shape index (κ3) is 2.29. The number of hydrogen-bond donors (Lipinski definition) is 0. The monoisotopic (exact) mass is 245 g/mol. The molecule has 0 atom stereocenters. The molecule has 2 heterocycles. The molecule has 2 aliphatic heterocycles. The standard InChI is InChI=1S/C9H16N3O3P/c10-9-16(13,11-1-5-14-6-2-11)12-3-7-15-8-4-12/h1-8H2. The van der Waals surface area contributed by atoms with Crippen LogP contribution < -0.4 is 0 Å². The van der Waals surface area contributed by atoms with Crippen molar-refractivity contribution in [3.8, 4) is 5.81 Å². The van der Waals surface area contributed by atoms with Crippen LogP contribution in [0.2, 0.25) is 0 Å². The van der Waals surface area contributed by atoms with E-state index in [4.69, 9.17) is 9.47 Å². The van der Waals surface area contributed by atoms with Gasteiger partial charge >= 0.3 is 7.44 Å². The molecular formula is C9H16N3O3P. The Hall–Kier alpha value is -0.440. The van der Waals surface area contributed by atoms with Crippen LogP contribution in [0, 0.1) is 11.1 Å². The third-order valence-corrected chi connectivity index (χ3v) is 5.47. The molecule has 0 radical (unpaired) electrons. The largest absolute Gasteiger partial charge is 0.379 e. The molecule has 0 unspecified atom stereocenters. The molecule has 16 heavy (non-hydrogen) atoms. The van der Waals surface area contributed by atoms with E-state index in [1.54, 1.807) is 9.34 Å². The molecule has 2 fully saturated rings. The molecule has 2 aliphatic rings. The second-order valence-corrected chi connectivity index (χ2v) is 6.20. The van der Waals surface area contributed by atoms with Crippen molar-refractivity contribution in [1.29, 1.82) is 5.26 Å². The van der Waals surface area contributed by atoms with Crippen LogP contribution in [-0.4, -0.2) is 61.9 Å². The Morgan fingerprint density at radius 2 is 1.31 bits per heavy atom. The lowest BCUT2D eigenvalue weighted by Crippen LogP contribution is -2.42. The van der Waals surface area contributed by atoms with Gasteiger partial charge in [-0.05, 0) is 0 Å². The quantitative estimate of drug-likeness (QED) is 0.653. The van der Waals surface area contributed by atoms with Gasteiger partial charge in [-0.15, -0.1) is 0 Å². The van der Waals surface area contributed by atoms with Crippen LogP contribution in [0.25, 0.3) is 0 Å². The number of nitriles is 1. The van der Waals surface area contributed by atoms with Crippen molar-refractivity contribution < 1.29 is 14.0 Å². The Bertz CT molecular complexity index is 296. The van der Waals surface area contributed by atoms with Crippen molar-refractivity contribution in [3.05, 3.63) is 0 Å². The molecule has 0 aromatic rings. The molecule has 6 nitrogen and oxygen atoms in total. The predicted octanol–water partition coefficient (Wildman–Crippen LogP) is 0.325. The summed E-state index contributed by atoms with van der Waals surface area (Å²) in [6.07, 6.45) is 0. The Balaban J connectivity index is 2.10. The zero-order valence-corrected chi connectivity index (χ0v) is 10.1. The molecular weight excluding hydrogens is 229 g/mol.